The predicted octanol–water partition coefficient (Wildman–Crippen LogP) is 3.96. The van der Waals surface area contributed by atoms with Crippen LogP contribution in [0.2, 0.25) is 0 Å². The highest BCUT2D eigenvalue weighted by molar-refractivity contribution is 5.97. The molecule has 0 aromatic heterocycles. The van der Waals surface area contributed by atoms with Crippen molar-refractivity contribution in [3.8, 4) is 5.75 Å². The van der Waals surface area contributed by atoms with Crippen LogP contribution in [-0.4, -0.2) is 36.3 Å². The van der Waals surface area contributed by atoms with Gasteiger partial charge in [-0.1, -0.05) is 24.3 Å². The Morgan fingerprint density at radius 2 is 1.81 bits per heavy atom. The van der Waals surface area contributed by atoms with Crippen LogP contribution in [0.3, 0.4) is 0 Å². The van der Waals surface area contributed by atoms with Crippen LogP contribution < -0.4 is 4.74 Å². The number of para-hydroxylation sites is 1. The first-order valence-electron chi connectivity index (χ1n) is 8.82. The van der Waals surface area contributed by atoms with Crippen LogP contribution in [0.4, 0.5) is 4.39 Å². The zero-order valence-electron chi connectivity index (χ0n) is 14.8. The minimum atomic E-state index is -0.373. The second-order valence-corrected chi connectivity index (χ2v) is 6.63. The van der Waals surface area contributed by atoms with Crippen molar-refractivity contribution in [3.63, 3.8) is 0 Å². The lowest BCUT2D eigenvalue weighted by atomic mass is 9.98. The number of nitrogens with zero attached hydrogens (tertiary/aromatic N) is 1. The molecule has 1 aliphatic rings. The van der Waals surface area contributed by atoms with E-state index >= 15 is 0 Å². The van der Waals surface area contributed by atoms with Gasteiger partial charge in [0.2, 0.25) is 0 Å². The molecule has 1 fully saturated rings. The van der Waals surface area contributed by atoms with E-state index in [1.807, 2.05) is 4.90 Å². The second-order valence-electron chi connectivity index (χ2n) is 6.63. The van der Waals surface area contributed by atoms with Gasteiger partial charge in [-0.2, -0.15) is 0 Å². The molecule has 0 spiro atoms. The molecular formula is C21H22FNO3. The lowest BCUT2D eigenvalue weighted by molar-refractivity contribution is 0.0631. The van der Waals surface area contributed by atoms with Crippen LogP contribution in [0, 0.1) is 11.7 Å². The summed E-state index contributed by atoms with van der Waals surface area (Å²) in [4.78, 5) is 25.9. The molecule has 4 nitrogen and oxygen atoms in total. The Labute approximate surface area is 152 Å². The summed E-state index contributed by atoms with van der Waals surface area (Å²) in [5.74, 6) is -0.0237. The van der Waals surface area contributed by atoms with Gasteiger partial charge in [0.05, 0.1) is 6.61 Å². The molecule has 0 bridgehead atoms. The van der Waals surface area contributed by atoms with Crippen molar-refractivity contribution < 1.29 is 18.7 Å². The highest BCUT2D eigenvalue weighted by Crippen LogP contribution is 2.22. The van der Waals surface area contributed by atoms with E-state index in [1.54, 1.807) is 42.5 Å². The van der Waals surface area contributed by atoms with Gasteiger partial charge in [0.15, 0.2) is 17.3 Å². The number of hydrogen-bond acceptors (Lipinski definition) is 3. The summed E-state index contributed by atoms with van der Waals surface area (Å²) in [5.41, 5.74) is 1.17. The number of benzene rings is 2. The van der Waals surface area contributed by atoms with E-state index in [9.17, 15) is 14.0 Å². The topological polar surface area (TPSA) is 46.6 Å². The van der Waals surface area contributed by atoms with Crippen LogP contribution in [0.25, 0.3) is 0 Å². The van der Waals surface area contributed by atoms with Crippen molar-refractivity contribution in [1.82, 2.24) is 4.90 Å². The molecule has 1 heterocycles. The van der Waals surface area contributed by atoms with E-state index in [1.165, 1.54) is 13.0 Å². The number of ketones is 1. The second kappa shape index (κ2) is 8.13. The third-order valence-electron chi connectivity index (χ3n) is 4.66. The van der Waals surface area contributed by atoms with E-state index in [2.05, 4.69) is 0 Å². The third-order valence-corrected chi connectivity index (χ3v) is 4.66. The summed E-state index contributed by atoms with van der Waals surface area (Å²) in [5, 5.41) is 0. The number of ether oxygens (including phenoxy) is 1. The molecule has 136 valence electrons. The fourth-order valence-electron chi connectivity index (χ4n) is 3.19. The number of likely N-dealkylation sites (tertiary alicyclic amines) is 1. The number of Topliss-reactive ketones (excluding diaryl/α,β-unsaturated/α-hetero) is 1. The van der Waals surface area contributed by atoms with Crippen molar-refractivity contribution in [3.05, 3.63) is 65.5 Å². The van der Waals surface area contributed by atoms with E-state index < -0.39 is 0 Å². The van der Waals surface area contributed by atoms with Crippen LogP contribution in [0.5, 0.6) is 5.75 Å². The Morgan fingerprint density at radius 3 is 2.50 bits per heavy atom. The molecule has 5 heteroatoms. The monoisotopic (exact) mass is 355 g/mol. The largest absolute Gasteiger partial charge is 0.490 e. The molecule has 0 N–H and O–H groups in total. The van der Waals surface area contributed by atoms with E-state index in [-0.39, 0.29) is 29.2 Å². The van der Waals surface area contributed by atoms with Gasteiger partial charge in [-0.05, 0) is 44.0 Å². The Morgan fingerprint density at radius 1 is 1.12 bits per heavy atom. The number of carbonyl (C=O) groups is 2. The summed E-state index contributed by atoms with van der Waals surface area (Å²) >= 11 is 0. The summed E-state index contributed by atoms with van der Waals surface area (Å²) < 4.78 is 19.2. The Kier molecular flexibility index (Phi) is 5.66. The maximum atomic E-state index is 13.6. The molecule has 1 atom stereocenters. The lowest BCUT2D eigenvalue weighted by Crippen LogP contribution is -2.41. The van der Waals surface area contributed by atoms with Crippen LogP contribution in [-0.2, 0) is 0 Å². The van der Waals surface area contributed by atoms with Crippen molar-refractivity contribution in [2.75, 3.05) is 19.7 Å². The molecule has 26 heavy (non-hydrogen) atoms. The van der Waals surface area contributed by atoms with Gasteiger partial charge in [-0.25, -0.2) is 4.39 Å². The van der Waals surface area contributed by atoms with Gasteiger partial charge in [-0.3, -0.25) is 9.59 Å². The smallest absolute Gasteiger partial charge is 0.253 e. The SMILES string of the molecule is CC(=O)c1ccc(C(=O)N2CCC[C@H](COc3ccccc3F)C2)cc1. The molecule has 0 saturated carbocycles. The Hall–Kier alpha value is -2.69. The van der Waals surface area contributed by atoms with E-state index in [0.717, 1.165) is 12.8 Å². The van der Waals surface area contributed by atoms with Gasteiger partial charge < -0.3 is 9.64 Å². The number of rotatable bonds is 5. The predicted molar refractivity (Wildman–Crippen MR) is 97.0 cm³/mol. The maximum Gasteiger partial charge on any atom is 0.253 e. The molecule has 1 saturated heterocycles. The fraction of sp³-hybridized carbons (Fsp3) is 0.333. The Bertz CT molecular complexity index is 788. The summed E-state index contributed by atoms with van der Waals surface area (Å²) in [6, 6.07) is 13.1. The molecule has 1 aliphatic heterocycles. The molecule has 2 aromatic carbocycles. The lowest BCUT2D eigenvalue weighted by Gasteiger charge is -2.32. The first-order chi connectivity index (χ1) is 12.5. The molecule has 0 radical (unpaired) electrons. The highest BCUT2D eigenvalue weighted by Gasteiger charge is 2.25. The van der Waals surface area contributed by atoms with Gasteiger partial charge in [0.1, 0.15) is 0 Å². The molecule has 3 rings (SSSR count). The average Bonchev–Trinajstić information content (AvgIpc) is 2.67. The number of piperidine rings is 1. The maximum absolute atomic E-state index is 13.6. The minimum Gasteiger partial charge on any atom is -0.490 e. The Balaban J connectivity index is 1.59. The number of hydrogen-bond donors (Lipinski definition) is 0. The quantitative estimate of drug-likeness (QED) is 0.763. The van der Waals surface area contributed by atoms with Gasteiger partial charge >= 0.3 is 0 Å². The van der Waals surface area contributed by atoms with Gasteiger partial charge in [0, 0.05) is 30.1 Å². The standard InChI is InChI=1S/C21H22FNO3/c1-15(24)17-8-10-18(11-9-17)21(25)23-12-4-5-16(13-23)14-26-20-7-3-2-6-19(20)22/h2-3,6-11,16H,4-5,12-14H2,1H3/t16-/m0/s1. The first-order valence-corrected chi connectivity index (χ1v) is 8.82. The van der Waals surface area contributed by atoms with Crippen molar-refractivity contribution in [2.45, 2.75) is 19.8 Å². The molecule has 0 aliphatic carbocycles. The van der Waals surface area contributed by atoms with E-state index in [0.29, 0.717) is 30.8 Å². The van der Waals surface area contributed by atoms with Gasteiger partial charge in [0.25, 0.3) is 5.91 Å². The zero-order valence-corrected chi connectivity index (χ0v) is 14.8. The normalized spacial score (nSPS) is 17.0. The molecule has 0 unspecified atom stereocenters. The summed E-state index contributed by atoms with van der Waals surface area (Å²) in [6.45, 7) is 3.17. The summed E-state index contributed by atoms with van der Waals surface area (Å²) in [7, 11) is 0. The number of carbonyl (C=O) groups excluding carboxylic acids is 2. The molecule has 1 amide bonds. The third kappa shape index (κ3) is 4.28. The van der Waals surface area contributed by atoms with E-state index in [4.69, 9.17) is 4.74 Å². The summed E-state index contributed by atoms with van der Waals surface area (Å²) in [6.07, 6.45) is 1.84. The fourth-order valence-corrected chi connectivity index (χ4v) is 3.19. The first kappa shape index (κ1) is 18.1. The number of amides is 1. The zero-order chi connectivity index (χ0) is 18.5. The van der Waals surface area contributed by atoms with Crippen LogP contribution >= 0.6 is 0 Å². The van der Waals surface area contributed by atoms with Crippen LogP contribution in [0.1, 0.15) is 40.5 Å². The minimum absolute atomic E-state index is 0.0210. The van der Waals surface area contributed by atoms with Crippen molar-refractivity contribution in [1.29, 1.82) is 0 Å². The van der Waals surface area contributed by atoms with Crippen LogP contribution in [0.15, 0.2) is 48.5 Å². The van der Waals surface area contributed by atoms with Crippen molar-refractivity contribution >= 4 is 11.7 Å². The average molecular weight is 355 g/mol. The molecular weight excluding hydrogens is 333 g/mol. The number of halogens is 1. The highest BCUT2D eigenvalue weighted by atomic mass is 19.1. The van der Waals surface area contributed by atoms with Gasteiger partial charge in [-0.15, -0.1) is 0 Å². The molecule has 2 aromatic rings. The van der Waals surface area contributed by atoms with Crippen molar-refractivity contribution in [2.24, 2.45) is 5.92 Å².